The van der Waals surface area contributed by atoms with E-state index in [1.807, 2.05) is 42.7 Å². The molecule has 4 aromatic rings. The van der Waals surface area contributed by atoms with Crippen molar-refractivity contribution >= 4 is 23.0 Å². The van der Waals surface area contributed by atoms with E-state index in [1.165, 1.54) is 18.4 Å². The van der Waals surface area contributed by atoms with E-state index in [2.05, 4.69) is 70.0 Å². The van der Waals surface area contributed by atoms with E-state index in [4.69, 9.17) is 21.9 Å². The summed E-state index contributed by atoms with van der Waals surface area (Å²) in [5, 5.41) is 4.26. The van der Waals surface area contributed by atoms with E-state index in [0.29, 0.717) is 11.2 Å². The van der Waals surface area contributed by atoms with Crippen molar-refractivity contribution in [1.29, 1.82) is 0 Å². The van der Waals surface area contributed by atoms with Crippen LogP contribution in [0.2, 0.25) is 0 Å². The van der Waals surface area contributed by atoms with Gasteiger partial charge in [-0.25, -0.2) is 4.98 Å². The minimum absolute atomic E-state index is 0.0762. The summed E-state index contributed by atoms with van der Waals surface area (Å²) in [4.78, 5) is 11.5. The second-order valence-electron chi connectivity index (χ2n) is 9.86. The number of aromatic nitrogens is 3. The van der Waals surface area contributed by atoms with Crippen LogP contribution in [0.4, 0.5) is 5.69 Å². The highest BCUT2D eigenvalue weighted by Gasteiger charge is 2.42. The highest BCUT2D eigenvalue weighted by atomic mass is 32.1. The van der Waals surface area contributed by atoms with Gasteiger partial charge in [-0.1, -0.05) is 12.1 Å². The largest absolute Gasteiger partial charge is 0.490 e. The summed E-state index contributed by atoms with van der Waals surface area (Å²) in [5.41, 5.74) is 5.45. The van der Waals surface area contributed by atoms with E-state index >= 15 is 0 Å². The molecular weight excluding hydrogens is 478 g/mol. The molecule has 1 aliphatic heterocycles. The monoisotopic (exact) mass is 509 g/mol. The Morgan fingerprint density at radius 1 is 0.919 bits per heavy atom. The van der Waals surface area contributed by atoms with Crippen molar-refractivity contribution < 1.29 is 4.74 Å². The SMILES string of the molecule is Cc1cc(C2C(c3ccccn3)NC(=S)N2c2ccc(OC3CCCC3)cc2)c(C)n1-c1ccccn1. The van der Waals surface area contributed by atoms with Crippen molar-refractivity contribution in [3.05, 3.63) is 102 Å². The van der Waals surface area contributed by atoms with Gasteiger partial charge in [0.05, 0.1) is 23.9 Å². The third-order valence-corrected chi connectivity index (χ3v) is 7.80. The quantitative estimate of drug-likeness (QED) is 0.304. The Bertz CT molecular complexity index is 1380. The molecular formula is C30H31N5OS. The van der Waals surface area contributed by atoms with Gasteiger partial charge in [0, 0.05) is 29.5 Å². The van der Waals surface area contributed by atoms with Crippen LogP contribution in [-0.4, -0.2) is 25.8 Å². The minimum atomic E-state index is -0.0965. The van der Waals surface area contributed by atoms with Crippen molar-refractivity contribution in [3.63, 3.8) is 0 Å². The molecule has 37 heavy (non-hydrogen) atoms. The van der Waals surface area contributed by atoms with Gasteiger partial charge in [-0.2, -0.15) is 0 Å². The summed E-state index contributed by atoms with van der Waals surface area (Å²) in [7, 11) is 0. The summed E-state index contributed by atoms with van der Waals surface area (Å²) in [5.74, 6) is 1.83. The molecule has 6 nitrogen and oxygen atoms in total. The number of nitrogens with one attached hydrogen (secondary N) is 1. The van der Waals surface area contributed by atoms with Crippen LogP contribution in [0.1, 0.15) is 60.4 Å². The number of benzene rings is 1. The Morgan fingerprint density at radius 2 is 1.65 bits per heavy atom. The number of pyridine rings is 2. The number of anilines is 1. The van der Waals surface area contributed by atoms with E-state index in [0.717, 1.165) is 47.2 Å². The lowest BCUT2D eigenvalue weighted by molar-refractivity contribution is 0.210. The molecule has 3 aromatic heterocycles. The Morgan fingerprint density at radius 3 is 2.32 bits per heavy atom. The van der Waals surface area contributed by atoms with Crippen LogP contribution in [0.5, 0.6) is 5.75 Å². The zero-order valence-corrected chi connectivity index (χ0v) is 22.0. The molecule has 6 rings (SSSR count). The summed E-state index contributed by atoms with van der Waals surface area (Å²) >= 11 is 5.94. The number of hydrogen-bond donors (Lipinski definition) is 1. The molecule has 0 radical (unpaired) electrons. The molecule has 1 aromatic carbocycles. The van der Waals surface area contributed by atoms with Crippen LogP contribution in [-0.2, 0) is 0 Å². The van der Waals surface area contributed by atoms with Gasteiger partial charge in [0.1, 0.15) is 11.6 Å². The van der Waals surface area contributed by atoms with Crippen LogP contribution in [0.15, 0.2) is 79.1 Å². The molecule has 7 heteroatoms. The average Bonchev–Trinajstić information content (AvgIpc) is 3.63. The second-order valence-corrected chi connectivity index (χ2v) is 10.3. The second kappa shape index (κ2) is 9.98. The predicted molar refractivity (Wildman–Crippen MR) is 150 cm³/mol. The van der Waals surface area contributed by atoms with Crippen molar-refractivity contribution in [1.82, 2.24) is 19.9 Å². The number of aryl methyl sites for hydroxylation is 1. The summed E-state index contributed by atoms with van der Waals surface area (Å²) in [6.45, 7) is 4.28. The van der Waals surface area contributed by atoms with Gasteiger partial charge in [0.15, 0.2) is 5.11 Å². The molecule has 2 aliphatic rings. The molecule has 0 amide bonds. The smallest absolute Gasteiger partial charge is 0.174 e. The normalized spacial score (nSPS) is 19.8. The summed E-state index contributed by atoms with van der Waals surface area (Å²) in [6, 6.07) is 22.5. The highest BCUT2D eigenvalue weighted by molar-refractivity contribution is 7.80. The zero-order valence-electron chi connectivity index (χ0n) is 21.2. The molecule has 1 saturated carbocycles. The molecule has 2 unspecified atom stereocenters. The fourth-order valence-electron chi connectivity index (χ4n) is 5.76. The Hall–Kier alpha value is -3.71. The van der Waals surface area contributed by atoms with Gasteiger partial charge >= 0.3 is 0 Å². The fourth-order valence-corrected chi connectivity index (χ4v) is 6.10. The molecule has 0 spiro atoms. The van der Waals surface area contributed by atoms with E-state index < -0.39 is 0 Å². The van der Waals surface area contributed by atoms with Crippen LogP contribution < -0.4 is 15.0 Å². The third kappa shape index (κ3) is 4.48. The van der Waals surface area contributed by atoms with Gasteiger partial charge in [-0.05, 0) is 112 Å². The molecule has 188 valence electrons. The molecule has 0 bridgehead atoms. The van der Waals surface area contributed by atoms with Crippen molar-refractivity contribution in [3.8, 4) is 11.6 Å². The van der Waals surface area contributed by atoms with Crippen LogP contribution in [0.3, 0.4) is 0 Å². The molecule has 1 N–H and O–H groups in total. The van der Waals surface area contributed by atoms with Gasteiger partial charge in [0.2, 0.25) is 0 Å². The lowest BCUT2D eigenvalue weighted by atomic mass is 9.96. The minimum Gasteiger partial charge on any atom is -0.490 e. The van der Waals surface area contributed by atoms with Crippen molar-refractivity contribution in [2.24, 2.45) is 0 Å². The molecule has 2 atom stereocenters. The first-order chi connectivity index (χ1) is 18.1. The number of thiocarbonyl (C=S) groups is 1. The first-order valence-electron chi connectivity index (χ1n) is 13.0. The Labute approximate surface area is 223 Å². The maximum Gasteiger partial charge on any atom is 0.174 e. The van der Waals surface area contributed by atoms with Gasteiger partial charge in [0.25, 0.3) is 0 Å². The topological polar surface area (TPSA) is 55.2 Å². The third-order valence-electron chi connectivity index (χ3n) is 7.49. The first-order valence-corrected chi connectivity index (χ1v) is 13.4. The van der Waals surface area contributed by atoms with Crippen molar-refractivity contribution in [2.45, 2.75) is 57.7 Å². The first kappa shape index (κ1) is 23.7. The van der Waals surface area contributed by atoms with Crippen LogP contribution in [0, 0.1) is 13.8 Å². The van der Waals surface area contributed by atoms with Crippen molar-refractivity contribution in [2.75, 3.05) is 4.90 Å². The summed E-state index contributed by atoms with van der Waals surface area (Å²) < 4.78 is 8.43. The number of hydrogen-bond acceptors (Lipinski definition) is 4. The number of nitrogens with zero attached hydrogens (tertiary/aromatic N) is 4. The summed E-state index contributed by atoms with van der Waals surface area (Å²) in [6.07, 6.45) is 8.79. The maximum absolute atomic E-state index is 6.22. The zero-order chi connectivity index (χ0) is 25.4. The highest BCUT2D eigenvalue weighted by Crippen LogP contribution is 2.44. The molecule has 1 saturated heterocycles. The Balaban J connectivity index is 1.41. The number of ether oxygens (including phenoxy) is 1. The lowest BCUT2D eigenvalue weighted by Crippen LogP contribution is -2.29. The lowest BCUT2D eigenvalue weighted by Gasteiger charge is -2.28. The van der Waals surface area contributed by atoms with Gasteiger partial charge in [-0.15, -0.1) is 0 Å². The predicted octanol–water partition coefficient (Wildman–Crippen LogP) is 6.38. The fraction of sp³-hybridized carbons (Fsp3) is 0.300. The van der Waals surface area contributed by atoms with E-state index in [1.54, 1.807) is 0 Å². The molecule has 2 fully saturated rings. The molecule has 1 aliphatic carbocycles. The van der Waals surface area contributed by atoms with Gasteiger partial charge in [-0.3, -0.25) is 4.98 Å². The van der Waals surface area contributed by atoms with Crippen LogP contribution >= 0.6 is 12.2 Å². The standard InChI is InChI=1S/C30H31N5OS/c1-20-19-25(21(2)34(20)27-12-6-8-18-32-27)29-28(26-11-5-7-17-31-26)33-30(37)35(29)22-13-15-24(16-14-22)36-23-9-3-4-10-23/h5-8,11-19,23,28-29H,3-4,9-10H2,1-2H3,(H,33,37). The average molecular weight is 510 g/mol. The Kier molecular flexibility index (Phi) is 6.38. The maximum atomic E-state index is 6.22. The van der Waals surface area contributed by atoms with Crippen LogP contribution in [0.25, 0.3) is 5.82 Å². The number of rotatable bonds is 6. The van der Waals surface area contributed by atoms with Gasteiger partial charge < -0.3 is 19.5 Å². The van der Waals surface area contributed by atoms with E-state index in [9.17, 15) is 0 Å². The molecule has 4 heterocycles. The van der Waals surface area contributed by atoms with E-state index in [-0.39, 0.29) is 12.1 Å².